The monoisotopic (exact) mass is 637 g/mol. The van der Waals surface area contributed by atoms with Crippen molar-refractivity contribution >= 4 is 51.8 Å². The van der Waals surface area contributed by atoms with Gasteiger partial charge in [-0.05, 0) is 61.2 Å². The van der Waals surface area contributed by atoms with E-state index in [4.69, 9.17) is 30.9 Å². The summed E-state index contributed by atoms with van der Waals surface area (Å²) in [6.07, 6.45) is 2.94. The molecule has 5 rings (SSSR count). The minimum absolute atomic E-state index is 0.0724. The highest BCUT2D eigenvalue weighted by atomic mass is 35.5. The first-order valence-electron chi connectivity index (χ1n) is 13.9. The fourth-order valence-electron chi connectivity index (χ4n) is 4.75. The lowest BCUT2D eigenvalue weighted by Gasteiger charge is -2.29. The molecule has 12 nitrogen and oxygen atoms in total. The molecule has 234 valence electrons. The molecule has 2 aromatic heterocycles. The van der Waals surface area contributed by atoms with Crippen molar-refractivity contribution in [2.24, 2.45) is 5.92 Å². The Morgan fingerprint density at radius 3 is 2.36 bits per heavy atom. The molecule has 3 heterocycles. The lowest BCUT2D eigenvalue weighted by Crippen LogP contribution is -2.38. The fourth-order valence-corrected chi connectivity index (χ4v) is 4.96. The molecular weight excluding hydrogens is 609 g/mol. The van der Waals surface area contributed by atoms with Gasteiger partial charge in [-0.25, -0.2) is 14.2 Å². The average Bonchev–Trinajstić information content (AvgIpc) is 3.02. The van der Waals surface area contributed by atoms with Gasteiger partial charge in [0.05, 0.1) is 31.1 Å². The zero-order chi connectivity index (χ0) is 31.9. The van der Waals surface area contributed by atoms with E-state index in [1.807, 2.05) is 0 Å². The lowest BCUT2D eigenvalue weighted by atomic mass is 9.98. The number of likely N-dealkylation sites (tertiary alicyclic amines) is 1. The molecule has 0 aliphatic carbocycles. The minimum atomic E-state index is -0.907. The number of pyridine rings is 2. The molecule has 1 saturated heterocycles. The van der Waals surface area contributed by atoms with Crippen LogP contribution in [0.4, 0.5) is 20.6 Å². The maximum atomic E-state index is 13.1. The molecule has 0 atom stereocenters. The van der Waals surface area contributed by atoms with E-state index in [2.05, 4.69) is 20.6 Å². The highest BCUT2D eigenvalue weighted by Crippen LogP contribution is 2.38. The van der Waals surface area contributed by atoms with E-state index >= 15 is 0 Å². The highest BCUT2D eigenvalue weighted by molar-refractivity contribution is 6.32. The van der Waals surface area contributed by atoms with Crippen molar-refractivity contribution in [2.45, 2.75) is 19.3 Å². The first-order valence-corrected chi connectivity index (χ1v) is 14.3. The number of ether oxygens (including phenoxy) is 3. The van der Waals surface area contributed by atoms with E-state index < -0.39 is 30.1 Å². The van der Waals surface area contributed by atoms with Crippen LogP contribution in [0.1, 0.15) is 19.3 Å². The zero-order valence-corrected chi connectivity index (χ0v) is 24.8. The first kappa shape index (κ1) is 31.3. The van der Waals surface area contributed by atoms with Crippen molar-refractivity contribution in [3.05, 3.63) is 71.8 Å². The molecule has 0 radical (unpaired) electrons. The van der Waals surface area contributed by atoms with Gasteiger partial charge in [0.15, 0.2) is 11.5 Å². The van der Waals surface area contributed by atoms with Gasteiger partial charge in [-0.15, -0.1) is 0 Å². The van der Waals surface area contributed by atoms with Crippen molar-refractivity contribution in [3.8, 4) is 23.1 Å². The van der Waals surface area contributed by atoms with Crippen molar-refractivity contribution in [2.75, 3.05) is 37.4 Å². The molecule has 0 saturated carbocycles. The Bertz CT molecular complexity index is 1720. The van der Waals surface area contributed by atoms with Gasteiger partial charge in [0.2, 0.25) is 17.7 Å². The smallest absolute Gasteiger partial charge is 0.407 e. The zero-order valence-electron chi connectivity index (χ0n) is 24.1. The largest absolute Gasteiger partial charge is 0.493 e. The standard InChI is InChI=1S/C31H29ClFN5O7/c1-43-26-13-22-24(14-27(26)44-17-18-7-10-38(11-8-18)31(41)42)34-9-6-25(22)45-30-23(32)12-21(16-35-30)37-29(40)15-28(39)36-20-4-2-19(33)3-5-20/h2-6,9,12-14,16,18H,7-8,10-11,15,17H2,1H3,(H,36,39)(H,37,40)(H,41,42). The highest BCUT2D eigenvalue weighted by Gasteiger charge is 2.23. The number of carboxylic acid groups (broad SMARTS) is 1. The Morgan fingerprint density at radius 2 is 1.69 bits per heavy atom. The van der Waals surface area contributed by atoms with Gasteiger partial charge in [-0.1, -0.05) is 11.6 Å². The van der Waals surface area contributed by atoms with Crippen molar-refractivity contribution < 1.29 is 38.1 Å². The summed E-state index contributed by atoms with van der Waals surface area (Å²) in [7, 11) is 1.52. The van der Waals surface area contributed by atoms with Gasteiger partial charge in [0.1, 0.15) is 23.0 Å². The van der Waals surface area contributed by atoms with Crippen LogP contribution in [0.25, 0.3) is 10.9 Å². The second-order valence-corrected chi connectivity index (χ2v) is 10.7. The summed E-state index contributed by atoms with van der Waals surface area (Å²) in [6, 6.07) is 11.7. The van der Waals surface area contributed by atoms with Crippen molar-refractivity contribution in [1.29, 1.82) is 0 Å². The molecule has 1 aliphatic heterocycles. The van der Waals surface area contributed by atoms with Crippen LogP contribution in [0.5, 0.6) is 23.1 Å². The molecule has 0 spiro atoms. The van der Waals surface area contributed by atoms with Crippen LogP contribution in [-0.4, -0.2) is 64.7 Å². The number of hydrogen-bond acceptors (Lipinski definition) is 8. The Morgan fingerprint density at radius 1 is 0.978 bits per heavy atom. The van der Waals surface area contributed by atoms with Gasteiger partial charge in [0, 0.05) is 36.4 Å². The number of nitrogens with zero attached hydrogens (tertiary/aromatic N) is 3. The summed E-state index contributed by atoms with van der Waals surface area (Å²) < 4.78 is 30.7. The maximum Gasteiger partial charge on any atom is 0.407 e. The molecule has 0 bridgehead atoms. The van der Waals surface area contributed by atoms with E-state index in [1.165, 1.54) is 48.5 Å². The normalized spacial score (nSPS) is 13.3. The molecule has 45 heavy (non-hydrogen) atoms. The molecule has 0 unspecified atom stereocenters. The number of rotatable bonds is 10. The number of nitrogens with one attached hydrogen (secondary N) is 2. The van der Waals surface area contributed by atoms with E-state index in [9.17, 15) is 18.8 Å². The van der Waals surface area contributed by atoms with Gasteiger partial charge in [-0.2, -0.15) is 0 Å². The molecule has 1 fully saturated rings. The van der Waals surface area contributed by atoms with Crippen molar-refractivity contribution in [1.82, 2.24) is 14.9 Å². The van der Waals surface area contributed by atoms with Crippen LogP contribution >= 0.6 is 11.6 Å². The molecule has 1 aliphatic rings. The van der Waals surface area contributed by atoms with Gasteiger partial charge in [0.25, 0.3) is 0 Å². The van der Waals surface area contributed by atoms with Gasteiger partial charge in [-0.3, -0.25) is 14.6 Å². The predicted octanol–water partition coefficient (Wildman–Crippen LogP) is 5.96. The summed E-state index contributed by atoms with van der Waals surface area (Å²) in [4.78, 5) is 45.8. The molecule has 14 heteroatoms. The topological polar surface area (TPSA) is 152 Å². The number of carbonyl (C=O) groups is 3. The number of fused-ring (bicyclic) bond motifs is 1. The number of amides is 3. The summed E-state index contributed by atoms with van der Waals surface area (Å²) in [5, 5.41) is 15.0. The SMILES string of the molecule is COc1cc2c(Oc3ncc(NC(=O)CC(=O)Nc4ccc(F)cc4)cc3Cl)ccnc2cc1OCC1CCN(C(=O)O)CC1. The number of hydrogen-bond donors (Lipinski definition) is 3. The lowest BCUT2D eigenvalue weighted by molar-refractivity contribution is -0.123. The second kappa shape index (κ2) is 14.1. The van der Waals surface area contributed by atoms with Crippen LogP contribution in [0.2, 0.25) is 5.02 Å². The molecule has 3 amide bonds. The average molecular weight is 638 g/mol. The Kier molecular flexibility index (Phi) is 9.78. The third-order valence-electron chi connectivity index (χ3n) is 7.09. The third-order valence-corrected chi connectivity index (χ3v) is 7.36. The first-order chi connectivity index (χ1) is 21.7. The minimum Gasteiger partial charge on any atom is -0.493 e. The quantitative estimate of drug-likeness (QED) is 0.179. The van der Waals surface area contributed by atoms with E-state index in [0.29, 0.717) is 66.4 Å². The van der Waals surface area contributed by atoms with Gasteiger partial charge >= 0.3 is 6.09 Å². The van der Waals surface area contributed by atoms with Crippen LogP contribution in [-0.2, 0) is 9.59 Å². The third kappa shape index (κ3) is 8.06. The summed E-state index contributed by atoms with van der Waals surface area (Å²) >= 11 is 6.42. The number of methoxy groups -OCH3 is 1. The van der Waals surface area contributed by atoms with Crippen LogP contribution in [0.3, 0.4) is 0 Å². The molecule has 3 N–H and O–H groups in total. The van der Waals surface area contributed by atoms with Crippen molar-refractivity contribution in [3.63, 3.8) is 0 Å². The number of anilines is 2. The number of piperidine rings is 1. The Labute approximate surface area is 262 Å². The molecule has 4 aromatic rings. The number of aromatic nitrogens is 2. The predicted molar refractivity (Wildman–Crippen MR) is 164 cm³/mol. The second-order valence-electron chi connectivity index (χ2n) is 10.2. The number of carbonyl (C=O) groups excluding carboxylic acids is 2. The van der Waals surface area contributed by atoms with Crippen LogP contribution in [0, 0.1) is 11.7 Å². The number of halogens is 2. The van der Waals surface area contributed by atoms with E-state index in [-0.39, 0.29) is 22.5 Å². The summed E-state index contributed by atoms with van der Waals surface area (Å²) in [6.45, 7) is 1.35. The number of benzene rings is 2. The van der Waals surface area contributed by atoms with Crippen LogP contribution < -0.4 is 24.8 Å². The molecular formula is C31H29ClFN5O7. The Hall–Kier alpha value is -5.17. The van der Waals surface area contributed by atoms with E-state index in [1.54, 1.807) is 24.4 Å². The fraction of sp³-hybridized carbons (Fsp3) is 0.258. The summed E-state index contributed by atoms with van der Waals surface area (Å²) in [5.41, 5.74) is 1.19. The summed E-state index contributed by atoms with van der Waals surface area (Å²) in [5.74, 6) is 0.0237. The van der Waals surface area contributed by atoms with Crippen LogP contribution in [0.15, 0.2) is 60.9 Å². The molecule has 2 aromatic carbocycles. The van der Waals surface area contributed by atoms with Gasteiger partial charge < -0.3 is 34.9 Å². The van der Waals surface area contributed by atoms with E-state index in [0.717, 1.165) is 0 Å². The maximum absolute atomic E-state index is 13.1. The Balaban J connectivity index is 1.22.